The Morgan fingerprint density at radius 1 is 1.10 bits per heavy atom. The lowest BCUT2D eigenvalue weighted by Crippen LogP contribution is -2.38. The summed E-state index contributed by atoms with van der Waals surface area (Å²) >= 11 is 0. The highest BCUT2D eigenvalue weighted by Crippen LogP contribution is 2.32. The van der Waals surface area contributed by atoms with Crippen molar-refractivity contribution in [1.82, 2.24) is 14.5 Å². The third kappa shape index (κ3) is 4.24. The van der Waals surface area contributed by atoms with E-state index in [1.807, 2.05) is 30.3 Å². The van der Waals surface area contributed by atoms with E-state index in [4.69, 9.17) is 0 Å². The lowest BCUT2D eigenvalue weighted by atomic mass is 9.92. The molecule has 3 aromatic rings. The minimum atomic E-state index is -3.68. The minimum absolute atomic E-state index is 0.00899. The number of amides is 1. The molecule has 1 saturated heterocycles. The molecule has 1 aliphatic rings. The molecule has 0 bridgehead atoms. The number of piperidine rings is 1. The number of aromatic nitrogens is 2. The summed E-state index contributed by atoms with van der Waals surface area (Å²) in [6.45, 7) is 0.622. The van der Waals surface area contributed by atoms with E-state index < -0.39 is 15.8 Å². The Bertz CT molecular complexity index is 1150. The first kappa shape index (κ1) is 21.2. The van der Waals surface area contributed by atoms with Gasteiger partial charge in [0.2, 0.25) is 10.0 Å². The number of anilines is 1. The maximum atomic E-state index is 13.1. The second-order valence-electron chi connectivity index (χ2n) is 7.53. The molecule has 2 heterocycles. The predicted octanol–water partition coefficient (Wildman–Crippen LogP) is 3.39. The number of hydrogen-bond acceptors (Lipinski definition) is 4. The van der Waals surface area contributed by atoms with Crippen LogP contribution in [0, 0.1) is 5.82 Å². The van der Waals surface area contributed by atoms with Gasteiger partial charge in [0, 0.05) is 31.7 Å². The maximum Gasteiger partial charge on any atom is 0.261 e. The lowest BCUT2D eigenvalue weighted by molar-refractivity contribution is 0.0991. The van der Waals surface area contributed by atoms with Crippen LogP contribution in [0.15, 0.2) is 65.7 Å². The van der Waals surface area contributed by atoms with Crippen molar-refractivity contribution in [3.63, 3.8) is 0 Å². The second kappa shape index (κ2) is 8.60. The van der Waals surface area contributed by atoms with Gasteiger partial charge in [-0.05, 0) is 49.2 Å². The average molecular weight is 443 g/mol. The molecule has 1 N–H and O–H groups in total. The molecule has 7 nitrogen and oxygen atoms in total. The Morgan fingerprint density at radius 3 is 2.39 bits per heavy atom. The normalized spacial score (nSPS) is 15.7. The highest BCUT2D eigenvalue weighted by atomic mass is 32.2. The number of nitrogens with one attached hydrogen (secondary N) is 1. The van der Waals surface area contributed by atoms with Crippen LogP contribution in [0.3, 0.4) is 0 Å². The first-order valence-electron chi connectivity index (χ1n) is 10.00. The summed E-state index contributed by atoms with van der Waals surface area (Å²) in [7, 11) is -1.97. The molecule has 0 aliphatic carbocycles. The molecule has 1 aliphatic heterocycles. The molecule has 2 aromatic carbocycles. The van der Waals surface area contributed by atoms with Crippen molar-refractivity contribution in [2.45, 2.75) is 23.7 Å². The van der Waals surface area contributed by atoms with Crippen molar-refractivity contribution < 1.29 is 17.6 Å². The number of carbonyl (C=O) groups excluding carboxylic acids is 1. The van der Waals surface area contributed by atoms with E-state index in [0.29, 0.717) is 31.5 Å². The third-order valence-corrected chi connectivity index (χ3v) is 7.57. The van der Waals surface area contributed by atoms with Crippen molar-refractivity contribution in [2.75, 3.05) is 25.0 Å². The Hall–Kier alpha value is -3.04. The molecule has 0 saturated carbocycles. The number of para-hydroxylation sites is 1. The van der Waals surface area contributed by atoms with Crippen molar-refractivity contribution in [2.24, 2.45) is 0 Å². The number of sulfonamides is 1. The van der Waals surface area contributed by atoms with Crippen LogP contribution >= 0.6 is 0 Å². The molecule has 31 heavy (non-hydrogen) atoms. The Morgan fingerprint density at radius 2 is 1.74 bits per heavy atom. The molecular formula is C22H23FN4O3S. The molecule has 0 unspecified atom stereocenters. The zero-order valence-electron chi connectivity index (χ0n) is 17.0. The number of nitrogens with zero attached hydrogens (tertiary/aromatic N) is 3. The van der Waals surface area contributed by atoms with Gasteiger partial charge in [-0.25, -0.2) is 12.8 Å². The zero-order chi connectivity index (χ0) is 22.0. The van der Waals surface area contributed by atoms with Gasteiger partial charge in [0.15, 0.2) is 0 Å². The molecule has 1 aromatic heterocycles. The van der Waals surface area contributed by atoms with Crippen LogP contribution in [0.2, 0.25) is 0 Å². The number of carbonyl (C=O) groups is 1. The fourth-order valence-electron chi connectivity index (χ4n) is 3.87. The smallest absolute Gasteiger partial charge is 0.261 e. The van der Waals surface area contributed by atoms with Crippen LogP contribution in [0.4, 0.5) is 10.1 Å². The number of H-pyrrole nitrogens is 1. The summed E-state index contributed by atoms with van der Waals surface area (Å²) in [5.74, 6) is -0.656. The van der Waals surface area contributed by atoms with Gasteiger partial charge in [-0.1, -0.05) is 18.2 Å². The fourth-order valence-corrected chi connectivity index (χ4v) is 5.34. The molecule has 162 valence electrons. The van der Waals surface area contributed by atoms with Crippen molar-refractivity contribution in [1.29, 1.82) is 0 Å². The summed E-state index contributed by atoms with van der Waals surface area (Å²) in [4.78, 5) is 14.7. The van der Waals surface area contributed by atoms with E-state index in [2.05, 4.69) is 10.2 Å². The standard InChI is InChI=1S/C22H23FN4O3S/c1-26(18-5-3-2-4-6-18)22(28)20-15-24-25-21(20)16-11-13-27(14-12-16)31(29,30)19-9-7-17(23)8-10-19/h2-10,15-16H,11-14H2,1H3,(H,24,25). The lowest BCUT2D eigenvalue weighted by Gasteiger charge is -2.31. The van der Waals surface area contributed by atoms with Gasteiger partial charge in [0.25, 0.3) is 5.91 Å². The molecular weight excluding hydrogens is 419 g/mol. The maximum absolute atomic E-state index is 13.1. The predicted molar refractivity (Wildman–Crippen MR) is 115 cm³/mol. The van der Waals surface area contributed by atoms with Crippen LogP contribution < -0.4 is 4.90 Å². The zero-order valence-corrected chi connectivity index (χ0v) is 17.8. The van der Waals surface area contributed by atoms with Gasteiger partial charge in [0.05, 0.1) is 22.3 Å². The van der Waals surface area contributed by atoms with Crippen LogP contribution in [0.5, 0.6) is 0 Å². The molecule has 4 rings (SSSR count). The van der Waals surface area contributed by atoms with Gasteiger partial charge < -0.3 is 4.90 Å². The monoisotopic (exact) mass is 442 g/mol. The first-order chi connectivity index (χ1) is 14.9. The summed E-state index contributed by atoms with van der Waals surface area (Å²) in [6.07, 6.45) is 2.63. The van der Waals surface area contributed by atoms with E-state index >= 15 is 0 Å². The molecule has 9 heteroatoms. The topological polar surface area (TPSA) is 86.4 Å². The molecule has 0 spiro atoms. The van der Waals surface area contributed by atoms with Gasteiger partial charge in [-0.3, -0.25) is 9.89 Å². The second-order valence-corrected chi connectivity index (χ2v) is 9.47. The van der Waals surface area contributed by atoms with Crippen LogP contribution in [-0.2, 0) is 10.0 Å². The molecule has 0 radical (unpaired) electrons. The highest BCUT2D eigenvalue weighted by molar-refractivity contribution is 7.89. The van der Waals surface area contributed by atoms with E-state index in [9.17, 15) is 17.6 Å². The van der Waals surface area contributed by atoms with Gasteiger partial charge in [0.1, 0.15) is 5.82 Å². The van der Waals surface area contributed by atoms with Crippen LogP contribution in [0.1, 0.15) is 34.8 Å². The van der Waals surface area contributed by atoms with Gasteiger partial charge in [-0.2, -0.15) is 9.40 Å². The highest BCUT2D eigenvalue weighted by Gasteiger charge is 2.32. The summed E-state index contributed by atoms with van der Waals surface area (Å²) in [5.41, 5.74) is 2.00. The largest absolute Gasteiger partial charge is 0.311 e. The van der Waals surface area contributed by atoms with Crippen LogP contribution in [-0.4, -0.2) is 49.0 Å². The SMILES string of the molecule is CN(C(=O)c1cn[nH]c1C1CCN(S(=O)(=O)c2ccc(F)cc2)CC1)c1ccccc1. The Labute approximate surface area is 180 Å². The Balaban J connectivity index is 1.47. The fraction of sp³-hybridized carbons (Fsp3) is 0.273. The Kier molecular flexibility index (Phi) is 5.88. The summed E-state index contributed by atoms with van der Waals surface area (Å²) in [6, 6.07) is 14.2. The first-order valence-corrected chi connectivity index (χ1v) is 11.4. The van der Waals surface area contributed by atoms with Gasteiger partial charge in [-0.15, -0.1) is 0 Å². The average Bonchev–Trinajstić information content (AvgIpc) is 3.29. The van der Waals surface area contributed by atoms with Gasteiger partial charge >= 0.3 is 0 Å². The number of rotatable bonds is 5. The molecule has 0 atom stereocenters. The quantitative estimate of drug-likeness (QED) is 0.656. The molecule has 1 fully saturated rings. The number of aromatic amines is 1. The minimum Gasteiger partial charge on any atom is -0.311 e. The number of halogens is 1. The third-order valence-electron chi connectivity index (χ3n) is 5.66. The van der Waals surface area contributed by atoms with Crippen LogP contribution in [0.25, 0.3) is 0 Å². The van der Waals surface area contributed by atoms with E-state index in [-0.39, 0.29) is 16.7 Å². The number of hydrogen-bond donors (Lipinski definition) is 1. The van der Waals surface area contributed by atoms with Crippen molar-refractivity contribution >= 4 is 21.6 Å². The van der Waals surface area contributed by atoms with Crippen molar-refractivity contribution in [3.05, 3.63) is 77.9 Å². The van der Waals surface area contributed by atoms with E-state index in [1.165, 1.54) is 22.6 Å². The van der Waals surface area contributed by atoms with E-state index in [0.717, 1.165) is 23.5 Å². The summed E-state index contributed by atoms with van der Waals surface area (Å²) < 4.78 is 40.2. The van der Waals surface area contributed by atoms with E-state index in [1.54, 1.807) is 11.9 Å². The summed E-state index contributed by atoms with van der Waals surface area (Å²) in [5, 5.41) is 7.03. The van der Waals surface area contributed by atoms with Crippen molar-refractivity contribution in [3.8, 4) is 0 Å². The molecule has 1 amide bonds. The number of benzene rings is 2.